The van der Waals surface area contributed by atoms with Crippen LogP contribution in [0.1, 0.15) is 47.0 Å². The van der Waals surface area contributed by atoms with E-state index < -0.39 is 0 Å². The fraction of sp³-hybridized carbons (Fsp3) is 0.933. The highest BCUT2D eigenvalue weighted by atomic mass is 16.5. The predicted octanol–water partition coefficient (Wildman–Crippen LogP) is 3.31. The third-order valence-corrected chi connectivity index (χ3v) is 3.06. The van der Waals surface area contributed by atoms with E-state index in [0.29, 0.717) is 5.92 Å². The summed E-state index contributed by atoms with van der Waals surface area (Å²) >= 11 is 0. The second-order valence-electron chi connectivity index (χ2n) is 6.14. The number of unbranched alkanes of at least 4 members (excludes halogenated alkanes) is 1. The SMILES string of the molecule is COCCN(CCCCC(C)(C)C#N)CC(C)C. The molecule has 0 saturated heterocycles. The molecule has 3 heteroatoms. The van der Waals surface area contributed by atoms with Crippen molar-refractivity contribution in [1.29, 1.82) is 5.26 Å². The highest BCUT2D eigenvalue weighted by Gasteiger charge is 2.16. The summed E-state index contributed by atoms with van der Waals surface area (Å²) in [5, 5.41) is 8.96. The first-order valence-corrected chi connectivity index (χ1v) is 7.04. The molecule has 0 saturated carbocycles. The van der Waals surface area contributed by atoms with E-state index in [9.17, 15) is 0 Å². The maximum absolute atomic E-state index is 8.96. The zero-order valence-corrected chi connectivity index (χ0v) is 12.8. The molecule has 0 aromatic rings. The van der Waals surface area contributed by atoms with Crippen molar-refractivity contribution in [3.8, 4) is 6.07 Å². The van der Waals surface area contributed by atoms with Crippen molar-refractivity contribution in [1.82, 2.24) is 4.90 Å². The van der Waals surface area contributed by atoms with E-state index in [-0.39, 0.29) is 5.41 Å². The van der Waals surface area contributed by atoms with Crippen molar-refractivity contribution in [2.24, 2.45) is 11.3 Å². The van der Waals surface area contributed by atoms with Gasteiger partial charge in [-0.2, -0.15) is 5.26 Å². The average molecular weight is 254 g/mol. The van der Waals surface area contributed by atoms with Gasteiger partial charge in [-0.05, 0) is 39.2 Å². The Morgan fingerprint density at radius 2 is 1.89 bits per heavy atom. The molecule has 3 nitrogen and oxygen atoms in total. The van der Waals surface area contributed by atoms with Crippen molar-refractivity contribution in [2.75, 3.05) is 33.4 Å². The molecule has 0 unspecified atom stereocenters. The summed E-state index contributed by atoms with van der Waals surface area (Å²) in [6.45, 7) is 12.6. The van der Waals surface area contributed by atoms with E-state index in [0.717, 1.165) is 39.1 Å². The van der Waals surface area contributed by atoms with Gasteiger partial charge in [0, 0.05) is 20.2 Å². The number of nitriles is 1. The van der Waals surface area contributed by atoms with Crippen molar-refractivity contribution in [2.45, 2.75) is 47.0 Å². The van der Waals surface area contributed by atoms with Crippen molar-refractivity contribution in [3.05, 3.63) is 0 Å². The molecule has 18 heavy (non-hydrogen) atoms. The summed E-state index contributed by atoms with van der Waals surface area (Å²) in [5.41, 5.74) is -0.171. The first-order valence-electron chi connectivity index (χ1n) is 7.04. The third-order valence-electron chi connectivity index (χ3n) is 3.06. The van der Waals surface area contributed by atoms with Gasteiger partial charge in [-0.25, -0.2) is 0 Å². The number of ether oxygens (including phenoxy) is 1. The Balaban J connectivity index is 3.85. The molecule has 0 aliphatic heterocycles. The smallest absolute Gasteiger partial charge is 0.0683 e. The normalized spacial score (nSPS) is 12.1. The topological polar surface area (TPSA) is 36.3 Å². The first-order chi connectivity index (χ1) is 8.41. The summed E-state index contributed by atoms with van der Waals surface area (Å²) in [5.74, 6) is 0.692. The Labute approximate surface area is 113 Å². The molecule has 0 N–H and O–H groups in total. The second kappa shape index (κ2) is 9.35. The van der Waals surface area contributed by atoms with E-state index in [4.69, 9.17) is 10.00 Å². The Morgan fingerprint density at radius 1 is 1.22 bits per heavy atom. The summed E-state index contributed by atoms with van der Waals surface area (Å²) in [6.07, 6.45) is 3.28. The van der Waals surface area contributed by atoms with Gasteiger partial charge >= 0.3 is 0 Å². The minimum Gasteiger partial charge on any atom is -0.383 e. The van der Waals surface area contributed by atoms with Crippen LogP contribution in [0.2, 0.25) is 0 Å². The third kappa shape index (κ3) is 9.44. The lowest BCUT2D eigenvalue weighted by molar-refractivity contribution is 0.138. The molecule has 0 spiro atoms. The molecule has 0 aromatic heterocycles. The van der Waals surface area contributed by atoms with E-state index in [2.05, 4.69) is 24.8 Å². The minimum atomic E-state index is -0.171. The van der Waals surface area contributed by atoms with Crippen LogP contribution in [-0.4, -0.2) is 38.3 Å². The van der Waals surface area contributed by atoms with Crippen LogP contribution in [-0.2, 0) is 4.74 Å². The van der Waals surface area contributed by atoms with Gasteiger partial charge in [0.05, 0.1) is 18.1 Å². The Bertz CT molecular complexity index is 243. The lowest BCUT2D eigenvalue weighted by Gasteiger charge is -2.24. The molecule has 0 rings (SSSR count). The Kier molecular flexibility index (Phi) is 9.05. The van der Waals surface area contributed by atoms with Crippen LogP contribution < -0.4 is 0 Å². The monoisotopic (exact) mass is 254 g/mol. The van der Waals surface area contributed by atoms with E-state index in [1.807, 2.05) is 13.8 Å². The first kappa shape index (κ1) is 17.4. The molecule has 0 amide bonds. The molecular formula is C15H30N2O. The number of methoxy groups -OCH3 is 1. The van der Waals surface area contributed by atoms with E-state index in [1.54, 1.807) is 7.11 Å². The minimum absolute atomic E-state index is 0.171. The molecule has 0 aliphatic carbocycles. The van der Waals surface area contributed by atoms with Crippen molar-refractivity contribution < 1.29 is 4.74 Å². The number of rotatable bonds is 10. The molecule has 0 aliphatic rings. The van der Waals surface area contributed by atoms with Crippen LogP contribution in [0.15, 0.2) is 0 Å². The fourth-order valence-electron chi connectivity index (χ4n) is 1.99. The van der Waals surface area contributed by atoms with Gasteiger partial charge in [0.1, 0.15) is 0 Å². The highest BCUT2D eigenvalue weighted by molar-refractivity contribution is 4.91. The van der Waals surface area contributed by atoms with Gasteiger partial charge in [-0.1, -0.05) is 20.3 Å². The van der Waals surface area contributed by atoms with Crippen LogP contribution in [0.3, 0.4) is 0 Å². The average Bonchev–Trinajstić information content (AvgIpc) is 2.30. The van der Waals surface area contributed by atoms with Gasteiger partial charge in [-0.3, -0.25) is 0 Å². The summed E-state index contributed by atoms with van der Waals surface area (Å²) in [6, 6.07) is 2.36. The van der Waals surface area contributed by atoms with Crippen LogP contribution in [0.25, 0.3) is 0 Å². The van der Waals surface area contributed by atoms with E-state index in [1.165, 1.54) is 6.42 Å². The molecule has 0 radical (unpaired) electrons. The largest absolute Gasteiger partial charge is 0.383 e. The van der Waals surface area contributed by atoms with Crippen LogP contribution in [0.5, 0.6) is 0 Å². The van der Waals surface area contributed by atoms with Crippen LogP contribution in [0, 0.1) is 22.7 Å². The van der Waals surface area contributed by atoms with Crippen molar-refractivity contribution in [3.63, 3.8) is 0 Å². The number of hydrogen-bond acceptors (Lipinski definition) is 3. The van der Waals surface area contributed by atoms with Crippen LogP contribution in [0.4, 0.5) is 0 Å². The zero-order valence-electron chi connectivity index (χ0n) is 12.8. The molecule has 106 valence electrons. The van der Waals surface area contributed by atoms with E-state index >= 15 is 0 Å². The lowest BCUT2D eigenvalue weighted by atomic mass is 9.89. The highest BCUT2D eigenvalue weighted by Crippen LogP contribution is 2.21. The van der Waals surface area contributed by atoms with Gasteiger partial charge in [0.2, 0.25) is 0 Å². The molecule has 0 bridgehead atoms. The predicted molar refractivity (Wildman–Crippen MR) is 76.4 cm³/mol. The quantitative estimate of drug-likeness (QED) is 0.561. The standard InChI is InChI=1S/C15H30N2O/c1-14(2)12-17(10-11-18-5)9-7-6-8-15(3,4)13-16/h14H,6-12H2,1-5H3. The summed E-state index contributed by atoms with van der Waals surface area (Å²) in [7, 11) is 1.75. The molecule has 0 atom stereocenters. The lowest BCUT2D eigenvalue weighted by Crippen LogP contribution is -2.32. The van der Waals surface area contributed by atoms with Gasteiger partial charge in [0.15, 0.2) is 0 Å². The second-order valence-corrected chi connectivity index (χ2v) is 6.14. The fourth-order valence-corrected chi connectivity index (χ4v) is 1.99. The zero-order chi connectivity index (χ0) is 14.0. The Hall–Kier alpha value is -0.590. The van der Waals surface area contributed by atoms with Crippen LogP contribution >= 0.6 is 0 Å². The van der Waals surface area contributed by atoms with Gasteiger partial charge in [-0.15, -0.1) is 0 Å². The molecule has 0 heterocycles. The number of nitrogens with zero attached hydrogens (tertiary/aromatic N) is 2. The number of hydrogen-bond donors (Lipinski definition) is 0. The summed E-state index contributed by atoms with van der Waals surface area (Å²) in [4.78, 5) is 2.47. The molecular weight excluding hydrogens is 224 g/mol. The summed E-state index contributed by atoms with van der Waals surface area (Å²) < 4.78 is 5.15. The van der Waals surface area contributed by atoms with Gasteiger partial charge in [0.25, 0.3) is 0 Å². The van der Waals surface area contributed by atoms with Crippen molar-refractivity contribution >= 4 is 0 Å². The Morgan fingerprint density at radius 3 is 2.39 bits per heavy atom. The maximum Gasteiger partial charge on any atom is 0.0683 e. The van der Waals surface area contributed by atoms with Gasteiger partial charge < -0.3 is 9.64 Å². The molecule has 0 aromatic carbocycles. The molecule has 0 fully saturated rings. The maximum atomic E-state index is 8.96.